The molecular formula is C27H30N2O4S. The molecule has 3 fully saturated rings. The van der Waals surface area contributed by atoms with Gasteiger partial charge in [0.1, 0.15) is 6.61 Å². The van der Waals surface area contributed by atoms with Crippen LogP contribution in [0.1, 0.15) is 30.9 Å². The van der Waals surface area contributed by atoms with Crippen LogP contribution in [-0.4, -0.2) is 51.1 Å². The summed E-state index contributed by atoms with van der Waals surface area (Å²) in [5.41, 5.74) is 2.68. The van der Waals surface area contributed by atoms with E-state index >= 15 is 0 Å². The molecular weight excluding hydrogens is 448 g/mol. The molecule has 6 nitrogen and oxygen atoms in total. The summed E-state index contributed by atoms with van der Waals surface area (Å²) in [6.07, 6.45) is 4.83. The molecule has 0 aromatic heterocycles. The smallest absolute Gasteiger partial charge is 0.307 e. The predicted octanol–water partition coefficient (Wildman–Crippen LogP) is 3.96. The lowest BCUT2D eigenvalue weighted by molar-refractivity contribution is -0.145. The van der Waals surface area contributed by atoms with Gasteiger partial charge in [0.15, 0.2) is 0 Å². The Bertz CT molecular complexity index is 1270. The number of esters is 1. The number of fused-ring (bicyclic) bond motifs is 7. The second kappa shape index (κ2) is 8.40. The summed E-state index contributed by atoms with van der Waals surface area (Å²) >= 11 is 0. The molecule has 7 heteroatoms. The highest BCUT2D eigenvalue weighted by Gasteiger charge is 2.61. The van der Waals surface area contributed by atoms with E-state index in [1.54, 1.807) is 16.4 Å². The molecule has 0 amide bonds. The Labute approximate surface area is 201 Å². The van der Waals surface area contributed by atoms with Crippen LogP contribution in [0.2, 0.25) is 0 Å². The fourth-order valence-electron chi connectivity index (χ4n) is 5.88. The Morgan fingerprint density at radius 2 is 1.88 bits per heavy atom. The third-order valence-corrected chi connectivity index (χ3v) is 9.19. The van der Waals surface area contributed by atoms with E-state index in [9.17, 15) is 13.2 Å². The van der Waals surface area contributed by atoms with E-state index in [0.29, 0.717) is 18.7 Å². The first-order valence-corrected chi connectivity index (χ1v) is 13.1. The van der Waals surface area contributed by atoms with Gasteiger partial charge >= 0.3 is 5.97 Å². The van der Waals surface area contributed by atoms with Gasteiger partial charge in [-0.25, -0.2) is 8.42 Å². The van der Waals surface area contributed by atoms with E-state index in [1.807, 2.05) is 56.3 Å². The van der Waals surface area contributed by atoms with Crippen LogP contribution >= 0.6 is 0 Å². The summed E-state index contributed by atoms with van der Waals surface area (Å²) in [6.45, 7) is 9.46. The van der Waals surface area contributed by atoms with Gasteiger partial charge in [0.2, 0.25) is 0 Å². The van der Waals surface area contributed by atoms with Crippen molar-refractivity contribution in [2.24, 2.45) is 0 Å². The topological polar surface area (TPSA) is 66.9 Å². The molecule has 178 valence electrons. The zero-order chi connectivity index (χ0) is 24.1. The third kappa shape index (κ3) is 3.49. The number of nitrogens with zero attached hydrogens (tertiary/aromatic N) is 2. The zero-order valence-corrected chi connectivity index (χ0v) is 20.4. The summed E-state index contributed by atoms with van der Waals surface area (Å²) in [5.74, 6) is -0.315. The maximum atomic E-state index is 14.2. The monoisotopic (exact) mass is 478 g/mol. The first-order valence-electron chi connectivity index (χ1n) is 11.7. The Hall–Kier alpha value is -2.90. The minimum atomic E-state index is -3.90. The van der Waals surface area contributed by atoms with E-state index in [1.165, 1.54) is 0 Å². The van der Waals surface area contributed by atoms with Crippen molar-refractivity contribution in [3.05, 3.63) is 84.0 Å². The number of allylic oxidation sites excluding steroid dienone is 1. The Morgan fingerprint density at radius 3 is 2.62 bits per heavy atom. The number of carbonyl (C=O) groups is 1. The molecule has 1 spiro atoms. The van der Waals surface area contributed by atoms with Crippen molar-refractivity contribution in [1.29, 1.82) is 0 Å². The number of ether oxygens (including phenoxy) is 1. The number of hydrogen-bond donors (Lipinski definition) is 0. The van der Waals surface area contributed by atoms with Crippen LogP contribution in [0.4, 0.5) is 5.69 Å². The third-order valence-electron chi connectivity index (χ3n) is 7.38. The van der Waals surface area contributed by atoms with Crippen molar-refractivity contribution in [2.75, 3.05) is 24.0 Å². The molecule has 4 aliphatic heterocycles. The molecule has 3 saturated heterocycles. The van der Waals surface area contributed by atoms with Gasteiger partial charge in [0, 0.05) is 18.5 Å². The van der Waals surface area contributed by atoms with Crippen molar-refractivity contribution in [3.8, 4) is 0 Å². The van der Waals surface area contributed by atoms with Gasteiger partial charge in [-0.05, 0) is 49.6 Å². The molecule has 0 N–H and O–H groups in total. The molecule has 2 aromatic carbocycles. The summed E-state index contributed by atoms with van der Waals surface area (Å²) in [4.78, 5) is 15.6. The average molecular weight is 479 g/mol. The van der Waals surface area contributed by atoms with E-state index in [4.69, 9.17) is 4.74 Å². The highest BCUT2D eigenvalue weighted by molar-refractivity contribution is 7.93. The minimum Gasteiger partial charge on any atom is -0.461 e. The molecule has 2 bridgehead atoms. The molecule has 34 heavy (non-hydrogen) atoms. The number of anilines is 1. The van der Waals surface area contributed by atoms with E-state index < -0.39 is 21.5 Å². The highest BCUT2D eigenvalue weighted by Crippen LogP contribution is 2.55. The first kappa shape index (κ1) is 22.9. The second-order valence-electron chi connectivity index (χ2n) is 9.56. The van der Waals surface area contributed by atoms with Gasteiger partial charge in [0.05, 0.1) is 29.1 Å². The fraction of sp³-hybridized carbons (Fsp3) is 0.370. The molecule has 0 saturated carbocycles. The SMILES string of the molecule is C=C1COC(=O)C[C@@]23CCN(C1)C(/C=C/C)[C@@H]2N(S(=O)(=O)c1ccc(C)cc1)c1ccccc13. The number of benzene rings is 2. The number of hydrogen-bond acceptors (Lipinski definition) is 5. The molecule has 6 rings (SSSR count). The van der Waals surface area contributed by atoms with Crippen molar-refractivity contribution >= 4 is 21.7 Å². The molecule has 2 unspecified atom stereocenters. The van der Waals surface area contributed by atoms with Crippen molar-refractivity contribution in [3.63, 3.8) is 0 Å². The van der Waals surface area contributed by atoms with Crippen LogP contribution < -0.4 is 4.31 Å². The van der Waals surface area contributed by atoms with Crippen LogP contribution in [-0.2, 0) is 25.0 Å². The molecule has 4 aliphatic rings. The predicted molar refractivity (Wildman–Crippen MR) is 132 cm³/mol. The lowest BCUT2D eigenvalue weighted by atomic mass is 9.66. The number of sulfonamides is 1. The van der Waals surface area contributed by atoms with Gasteiger partial charge in [-0.15, -0.1) is 0 Å². The van der Waals surface area contributed by atoms with Gasteiger partial charge in [-0.3, -0.25) is 14.0 Å². The molecule has 0 aliphatic carbocycles. The molecule has 0 radical (unpaired) electrons. The minimum absolute atomic E-state index is 0.129. The van der Waals surface area contributed by atoms with E-state index in [0.717, 1.165) is 23.2 Å². The molecule has 4 heterocycles. The zero-order valence-electron chi connectivity index (χ0n) is 19.6. The molecule has 2 aromatic rings. The van der Waals surface area contributed by atoms with Crippen molar-refractivity contribution in [1.82, 2.24) is 4.90 Å². The summed E-state index contributed by atoms with van der Waals surface area (Å²) in [7, 11) is -3.90. The Balaban J connectivity index is 1.76. The van der Waals surface area contributed by atoms with Gasteiger partial charge in [-0.1, -0.05) is 54.6 Å². The van der Waals surface area contributed by atoms with Crippen LogP contribution in [0, 0.1) is 6.92 Å². The van der Waals surface area contributed by atoms with Gasteiger partial charge in [0.25, 0.3) is 10.0 Å². The van der Waals surface area contributed by atoms with Crippen molar-refractivity contribution < 1.29 is 17.9 Å². The number of rotatable bonds is 3. The van der Waals surface area contributed by atoms with Gasteiger partial charge in [-0.2, -0.15) is 0 Å². The normalized spacial score (nSPS) is 29.1. The summed E-state index contributed by atoms with van der Waals surface area (Å²) in [5, 5.41) is 0. The lowest BCUT2D eigenvalue weighted by Gasteiger charge is -2.51. The lowest BCUT2D eigenvalue weighted by Crippen LogP contribution is -2.64. The number of carbonyl (C=O) groups excluding carboxylic acids is 1. The van der Waals surface area contributed by atoms with E-state index in [2.05, 4.69) is 17.6 Å². The number of aryl methyl sites for hydroxylation is 1. The Morgan fingerprint density at radius 1 is 1.15 bits per heavy atom. The second-order valence-corrected chi connectivity index (χ2v) is 11.4. The molecule has 4 atom stereocenters. The van der Waals surface area contributed by atoms with Crippen LogP contribution in [0.5, 0.6) is 0 Å². The standard InChI is InChI=1S/C27H30N2O4S/c1-4-7-24-26-27(14-15-28(24)17-20(3)18-33-25(30)16-27)22-8-5-6-9-23(22)29(26)34(31,32)21-12-10-19(2)11-13-21/h4-13,24,26H,3,14-18H2,1-2H3/b7-4+/t24?,26-,27+/m0/s1. The van der Waals surface area contributed by atoms with Crippen LogP contribution in [0.25, 0.3) is 0 Å². The average Bonchev–Trinajstić information content (AvgIpc) is 3.11. The summed E-state index contributed by atoms with van der Waals surface area (Å²) < 4.78 is 35.6. The van der Waals surface area contributed by atoms with Gasteiger partial charge < -0.3 is 4.74 Å². The number of piperidine rings is 1. The van der Waals surface area contributed by atoms with Crippen LogP contribution in [0.3, 0.4) is 0 Å². The van der Waals surface area contributed by atoms with Crippen LogP contribution in [0.15, 0.2) is 77.7 Å². The number of para-hydroxylation sites is 1. The largest absolute Gasteiger partial charge is 0.461 e. The highest BCUT2D eigenvalue weighted by atomic mass is 32.2. The maximum Gasteiger partial charge on any atom is 0.307 e. The summed E-state index contributed by atoms with van der Waals surface area (Å²) in [6, 6.07) is 13.9. The quantitative estimate of drug-likeness (QED) is 0.493. The Kier molecular flexibility index (Phi) is 5.65. The fourth-order valence-corrected chi connectivity index (χ4v) is 7.63. The van der Waals surface area contributed by atoms with E-state index in [-0.39, 0.29) is 29.9 Å². The van der Waals surface area contributed by atoms with Crippen molar-refractivity contribution in [2.45, 2.75) is 49.1 Å². The maximum absolute atomic E-state index is 14.2. The first-order chi connectivity index (χ1) is 16.3.